The maximum atomic E-state index is 11.9. The predicted molar refractivity (Wildman–Crippen MR) is 84.5 cm³/mol. The van der Waals surface area contributed by atoms with Gasteiger partial charge in [0.25, 0.3) is 0 Å². The molecule has 3 N–H and O–H groups in total. The topological polar surface area (TPSA) is 55.1 Å². The molecule has 0 spiro atoms. The van der Waals surface area contributed by atoms with E-state index in [-0.39, 0.29) is 11.3 Å². The van der Waals surface area contributed by atoms with Crippen LogP contribution in [-0.4, -0.2) is 12.5 Å². The van der Waals surface area contributed by atoms with Gasteiger partial charge in [-0.1, -0.05) is 41.4 Å². The molecule has 19 heavy (non-hydrogen) atoms. The molecule has 0 bridgehead atoms. The lowest BCUT2D eigenvalue weighted by molar-refractivity contribution is -0.116. The van der Waals surface area contributed by atoms with Crippen LogP contribution in [-0.2, 0) is 4.79 Å². The number of carbonyl (C=O) groups excluding carboxylic acids is 1. The molecular formula is C14H20BrClN2O. The molecule has 0 radical (unpaired) electrons. The zero-order valence-electron chi connectivity index (χ0n) is 11.3. The molecule has 0 aliphatic heterocycles. The van der Waals surface area contributed by atoms with Gasteiger partial charge in [-0.05, 0) is 43.0 Å². The summed E-state index contributed by atoms with van der Waals surface area (Å²) < 4.78 is 0.888. The van der Waals surface area contributed by atoms with Gasteiger partial charge in [-0.2, -0.15) is 0 Å². The fourth-order valence-corrected chi connectivity index (χ4v) is 2.49. The molecule has 0 aliphatic carbocycles. The Bertz CT molecular complexity index is 449. The minimum atomic E-state index is -0.0191. The molecule has 0 heterocycles. The Kier molecular flexibility index (Phi) is 6.30. The first-order valence-electron chi connectivity index (χ1n) is 6.29. The van der Waals surface area contributed by atoms with E-state index in [4.69, 9.17) is 17.3 Å². The molecule has 0 unspecified atom stereocenters. The molecule has 1 aromatic carbocycles. The molecule has 0 atom stereocenters. The number of nitrogens with two attached hydrogens (primary N) is 1. The molecule has 0 aromatic heterocycles. The first-order valence-corrected chi connectivity index (χ1v) is 7.46. The summed E-state index contributed by atoms with van der Waals surface area (Å²) in [6, 6.07) is 5.39. The number of hydrogen-bond acceptors (Lipinski definition) is 2. The van der Waals surface area contributed by atoms with Crippen molar-refractivity contribution in [2.45, 2.75) is 33.1 Å². The van der Waals surface area contributed by atoms with Gasteiger partial charge in [-0.15, -0.1) is 0 Å². The van der Waals surface area contributed by atoms with Crippen molar-refractivity contribution < 1.29 is 4.79 Å². The van der Waals surface area contributed by atoms with Crippen LogP contribution in [0.2, 0.25) is 5.02 Å². The van der Waals surface area contributed by atoms with Crippen molar-refractivity contribution in [3.05, 3.63) is 27.7 Å². The largest absolute Gasteiger partial charge is 0.330 e. The van der Waals surface area contributed by atoms with E-state index in [0.717, 1.165) is 17.3 Å². The Morgan fingerprint density at radius 1 is 1.42 bits per heavy atom. The van der Waals surface area contributed by atoms with E-state index in [9.17, 15) is 4.79 Å². The summed E-state index contributed by atoms with van der Waals surface area (Å²) in [4.78, 5) is 11.9. The number of nitrogens with one attached hydrogen (secondary N) is 1. The van der Waals surface area contributed by atoms with Gasteiger partial charge in [0.15, 0.2) is 0 Å². The van der Waals surface area contributed by atoms with E-state index in [1.165, 1.54) is 0 Å². The van der Waals surface area contributed by atoms with Gasteiger partial charge in [0.2, 0.25) is 5.91 Å². The van der Waals surface area contributed by atoms with Gasteiger partial charge < -0.3 is 11.1 Å². The highest BCUT2D eigenvalue weighted by Crippen LogP contribution is 2.28. The number of benzene rings is 1. The van der Waals surface area contributed by atoms with E-state index in [1.807, 2.05) is 6.07 Å². The van der Waals surface area contributed by atoms with E-state index >= 15 is 0 Å². The third kappa shape index (κ3) is 5.93. The summed E-state index contributed by atoms with van der Waals surface area (Å²) in [5.41, 5.74) is 6.29. The summed E-state index contributed by atoms with van der Waals surface area (Å²) in [5.74, 6) is -0.0191. The predicted octanol–water partition coefficient (Wildman–Crippen LogP) is 4.20. The molecule has 106 valence electrons. The molecule has 0 aliphatic rings. The van der Waals surface area contributed by atoms with Crippen LogP contribution in [0, 0.1) is 5.41 Å². The van der Waals surface area contributed by atoms with Crippen molar-refractivity contribution >= 4 is 39.1 Å². The summed E-state index contributed by atoms with van der Waals surface area (Å²) in [5, 5.41) is 3.36. The van der Waals surface area contributed by atoms with Gasteiger partial charge in [-0.3, -0.25) is 4.79 Å². The van der Waals surface area contributed by atoms with Gasteiger partial charge in [0, 0.05) is 10.9 Å². The molecule has 1 amide bonds. The Labute approximate surface area is 128 Å². The first kappa shape index (κ1) is 16.5. The Balaban J connectivity index is 2.52. The highest BCUT2D eigenvalue weighted by molar-refractivity contribution is 9.10. The summed E-state index contributed by atoms with van der Waals surface area (Å²) in [6.45, 7) is 4.90. The van der Waals surface area contributed by atoms with Crippen LogP contribution in [0.15, 0.2) is 22.7 Å². The van der Waals surface area contributed by atoms with Crippen molar-refractivity contribution in [1.82, 2.24) is 0 Å². The summed E-state index contributed by atoms with van der Waals surface area (Å²) in [6.07, 6.45) is 2.20. The third-order valence-corrected chi connectivity index (χ3v) is 3.86. The van der Waals surface area contributed by atoms with Crippen molar-refractivity contribution in [1.29, 1.82) is 0 Å². The maximum Gasteiger partial charge on any atom is 0.224 e. The standard InChI is InChI=1S/C14H20BrClN2O/c1-14(2,7-8-17)6-5-13(19)18-12-4-3-10(15)9-11(12)16/h3-4,9H,5-8,17H2,1-2H3,(H,18,19). The molecule has 0 saturated heterocycles. The fraction of sp³-hybridized carbons (Fsp3) is 0.500. The molecule has 5 heteroatoms. The number of anilines is 1. The molecule has 1 rings (SSSR count). The number of hydrogen-bond donors (Lipinski definition) is 2. The summed E-state index contributed by atoms with van der Waals surface area (Å²) in [7, 11) is 0. The lowest BCUT2D eigenvalue weighted by Gasteiger charge is -2.23. The smallest absolute Gasteiger partial charge is 0.224 e. The van der Waals surface area contributed by atoms with Crippen LogP contribution in [0.1, 0.15) is 33.1 Å². The van der Waals surface area contributed by atoms with Crippen LogP contribution in [0.3, 0.4) is 0 Å². The molecule has 0 fully saturated rings. The average molecular weight is 348 g/mol. The van der Waals surface area contributed by atoms with Crippen molar-refractivity contribution in [2.24, 2.45) is 11.1 Å². The zero-order chi connectivity index (χ0) is 14.5. The highest BCUT2D eigenvalue weighted by atomic mass is 79.9. The Morgan fingerprint density at radius 2 is 2.11 bits per heavy atom. The number of amides is 1. The van der Waals surface area contributed by atoms with Crippen LogP contribution in [0.25, 0.3) is 0 Å². The highest BCUT2D eigenvalue weighted by Gasteiger charge is 2.18. The van der Waals surface area contributed by atoms with Crippen molar-refractivity contribution in [3.8, 4) is 0 Å². The number of halogens is 2. The second-order valence-electron chi connectivity index (χ2n) is 5.38. The van der Waals surface area contributed by atoms with Crippen LogP contribution < -0.4 is 11.1 Å². The number of carbonyl (C=O) groups is 1. The van der Waals surface area contributed by atoms with Crippen LogP contribution in [0.4, 0.5) is 5.69 Å². The van der Waals surface area contributed by atoms with Crippen LogP contribution in [0.5, 0.6) is 0 Å². The zero-order valence-corrected chi connectivity index (χ0v) is 13.6. The van der Waals surface area contributed by atoms with Crippen LogP contribution >= 0.6 is 27.5 Å². The van der Waals surface area contributed by atoms with Gasteiger partial charge in [0.05, 0.1) is 10.7 Å². The fourth-order valence-electron chi connectivity index (χ4n) is 1.77. The molecule has 3 nitrogen and oxygen atoms in total. The third-order valence-electron chi connectivity index (χ3n) is 3.06. The quantitative estimate of drug-likeness (QED) is 0.810. The first-order chi connectivity index (χ1) is 8.84. The average Bonchev–Trinajstić information content (AvgIpc) is 2.30. The normalized spacial score (nSPS) is 11.4. The lowest BCUT2D eigenvalue weighted by Crippen LogP contribution is -2.20. The van der Waals surface area contributed by atoms with Gasteiger partial charge in [-0.25, -0.2) is 0 Å². The SMILES string of the molecule is CC(C)(CCN)CCC(=O)Nc1ccc(Br)cc1Cl. The monoisotopic (exact) mass is 346 g/mol. The minimum Gasteiger partial charge on any atom is -0.330 e. The van der Waals surface area contributed by atoms with Gasteiger partial charge in [0.1, 0.15) is 0 Å². The summed E-state index contributed by atoms with van der Waals surface area (Å²) >= 11 is 9.38. The molecule has 1 aromatic rings. The van der Waals surface area contributed by atoms with E-state index in [2.05, 4.69) is 35.1 Å². The van der Waals surface area contributed by atoms with E-state index < -0.39 is 0 Å². The second kappa shape index (κ2) is 7.27. The molecular weight excluding hydrogens is 328 g/mol. The van der Waals surface area contributed by atoms with Crippen molar-refractivity contribution in [2.75, 3.05) is 11.9 Å². The van der Waals surface area contributed by atoms with Crippen molar-refractivity contribution in [3.63, 3.8) is 0 Å². The lowest BCUT2D eigenvalue weighted by atomic mass is 9.84. The minimum absolute atomic E-state index is 0.0191. The Hall–Kier alpha value is -0.580. The Morgan fingerprint density at radius 3 is 2.68 bits per heavy atom. The second-order valence-corrected chi connectivity index (χ2v) is 6.70. The van der Waals surface area contributed by atoms with Gasteiger partial charge >= 0.3 is 0 Å². The van der Waals surface area contributed by atoms with E-state index in [1.54, 1.807) is 12.1 Å². The van der Waals surface area contributed by atoms with E-state index in [0.29, 0.717) is 23.7 Å². The number of rotatable bonds is 6. The maximum absolute atomic E-state index is 11.9. The molecule has 0 saturated carbocycles.